The molecular formula is C21H15Br2NO3S. The van der Waals surface area contributed by atoms with E-state index in [4.69, 9.17) is 4.74 Å². The first kappa shape index (κ1) is 19.4. The van der Waals surface area contributed by atoms with E-state index < -0.39 is 0 Å². The van der Waals surface area contributed by atoms with Crippen LogP contribution >= 0.6 is 43.2 Å². The van der Waals surface area contributed by atoms with Crippen LogP contribution < -0.4 is 4.74 Å². The summed E-state index contributed by atoms with van der Waals surface area (Å²) in [4.78, 5) is 12.4. The average Bonchev–Trinajstić information content (AvgIpc) is 2.97. The lowest BCUT2D eigenvalue weighted by Gasteiger charge is -2.16. The Labute approximate surface area is 182 Å². The molecule has 3 aromatic carbocycles. The molecule has 28 heavy (non-hydrogen) atoms. The van der Waals surface area contributed by atoms with Gasteiger partial charge in [0.2, 0.25) is 0 Å². The van der Waals surface area contributed by atoms with Crippen molar-refractivity contribution in [3.05, 3.63) is 65.9 Å². The first-order valence-electron chi connectivity index (χ1n) is 8.47. The Balaban J connectivity index is 2.29. The van der Waals surface area contributed by atoms with Gasteiger partial charge in [-0.3, -0.25) is 10.1 Å². The van der Waals surface area contributed by atoms with E-state index in [2.05, 4.69) is 51.8 Å². The molecule has 0 N–H and O–H groups in total. The van der Waals surface area contributed by atoms with Crippen LogP contribution in [0.3, 0.4) is 0 Å². The van der Waals surface area contributed by atoms with Gasteiger partial charge in [-0.1, -0.05) is 24.3 Å². The predicted octanol–water partition coefficient (Wildman–Crippen LogP) is 7.78. The van der Waals surface area contributed by atoms with E-state index in [-0.39, 0.29) is 10.6 Å². The van der Waals surface area contributed by atoms with Crippen molar-refractivity contribution >= 4 is 69.7 Å². The van der Waals surface area contributed by atoms with Gasteiger partial charge >= 0.3 is 0 Å². The zero-order chi connectivity index (χ0) is 20.2. The fraction of sp³-hybridized carbons (Fsp3) is 0.143. The number of fused-ring (bicyclic) bond motifs is 2. The zero-order valence-electron chi connectivity index (χ0n) is 15.3. The summed E-state index contributed by atoms with van der Waals surface area (Å²) in [5, 5.41) is 14.7. The molecule has 4 rings (SSSR count). The number of thiophene rings is 1. The first-order chi connectivity index (χ1) is 13.3. The Kier molecular flexibility index (Phi) is 4.93. The number of hydrogen-bond donors (Lipinski definition) is 0. The van der Waals surface area contributed by atoms with Gasteiger partial charge in [0, 0.05) is 38.0 Å². The maximum atomic E-state index is 11.5. The van der Waals surface area contributed by atoms with Crippen LogP contribution in [0.1, 0.15) is 10.4 Å². The lowest BCUT2D eigenvalue weighted by Crippen LogP contribution is -1.96. The molecule has 0 aliphatic heterocycles. The Morgan fingerprint density at radius 3 is 2.43 bits per heavy atom. The predicted molar refractivity (Wildman–Crippen MR) is 123 cm³/mol. The summed E-state index contributed by atoms with van der Waals surface area (Å²) in [5.41, 5.74) is 2.86. The van der Waals surface area contributed by atoms with Gasteiger partial charge in [0.25, 0.3) is 5.69 Å². The number of hydrogen-bond acceptors (Lipinski definition) is 4. The monoisotopic (exact) mass is 519 g/mol. The molecule has 0 aliphatic carbocycles. The van der Waals surface area contributed by atoms with Gasteiger partial charge in [0.1, 0.15) is 5.75 Å². The fourth-order valence-electron chi connectivity index (χ4n) is 3.59. The van der Waals surface area contributed by atoms with Crippen LogP contribution in [0.4, 0.5) is 5.69 Å². The highest BCUT2D eigenvalue weighted by Gasteiger charge is 2.24. The molecule has 0 saturated heterocycles. The Morgan fingerprint density at radius 2 is 1.79 bits per heavy atom. The minimum absolute atomic E-state index is 0.0208. The summed E-state index contributed by atoms with van der Waals surface area (Å²) >= 11 is 8.96. The number of aryl methyl sites for hydroxylation is 2. The maximum Gasteiger partial charge on any atom is 0.271 e. The Bertz CT molecular complexity index is 1280. The van der Waals surface area contributed by atoms with Crippen molar-refractivity contribution < 1.29 is 9.66 Å². The molecule has 0 bridgehead atoms. The smallest absolute Gasteiger partial charge is 0.271 e. The van der Waals surface area contributed by atoms with Crippen molar-refractivity contribution in [1.82, 2.24) is 0 Å². The number of non-ortho nitro benzene ring substituents is 1. The summed E-state index contributed by atoms with van der Waals surface area (Å²) in [6, 6.07) is 11.2. The van der Waals surface area contributed by atoms with E-state index >= 15 is 0 Å². The van der Waals surface area contributed by atoms with Gasteiger partial charge in [-0.05, 0) is 62.0 Å². The molecule has 7 heteroatoms. The number of halogens is 2. The fourth-order valence-corrected chi connectivity index (χ4v) is 6.10. The molecule has 1 heterocycles. The lowest BCUT2D eigenvalue weighted by molar-refractivity contribution is -0.384. The highest BCUT2D eigenvalue weighted by Crippen LogP contribution is 2.50. The summed E-state index contributed by atoms with van der Waals surface area (Å²) in [5.74, 6) is 0.586. The zero-order valence-corrected chi connectivity index (χ0v) is 19.3. The van der Waals surface area contributed by atoms with Gasteiger partial charge in [0.15, 0.2) is 0 Å². The van der Waals surface area contributed by atoms with E-state index in [1.165, 1.54) is 16.5 Å². The quantitative estimate of drug-likeness (QED) is 0.204. The van der Waals surface area contributed by atoms with Gasteiger partial charge in [-0.2, -0.15) is 0 Å². The molecule has 0 atom stereocenters. The SMILES string of the molecule is COc1c(Br)cc([N+](=O)[O-])cc1-c1c2ccccc2c(Br)c2sc(C)c(C)c12. The van der Waals surface area contributed by atoms with Crippen molar-refractivity contribution in [2.75, 3.05) is 7.11 Å². The lowest BCUT2D eigenvalue weighted by atomic mass is 9.92. The normalized spacial score (nSPS) is 11.3. The number of rotatable bonds is 3. The molecule has 0 fully saturated rings. The molecule has 4 aromatic rings. The molecule has 0 radical (unpaired) electrons. The molecule has 0 amide bonds. The molecule has 1 aromatic heterocycles. The summed E-state index contributed by atoms with van der Waals surface area (Å²) in [6.45, 7) is 4.19. The third-order valence-electron chi connectivity index (χ3n) is 4.98. The number of nitrogens with zero attached hydrogens (tertiary/aromatic N) is 1. The molecule has 0 spiro atoms. The van der Waals surface area contributed by atoms with Gasteiger partial charge in [-0.25, -0.2) is 0 Å². The molecule has 0 saturated carbocycles. The van der Waals surface area contributed by atoms with Gasteiger partial charge in [0.05, 0.1) is 21.2 Å². The van der Waals surface area contributed by atoms with Crippen LogP contribution in [0.25, 0.3) is 32.0 Å². The largest absolute Gasteiger partial charge is 0.495 e. The second-order valence-electron chi connectivity index (χ2n) is 6.49. The van der Waals surface area contributed by atoms with E-state index in [0.29, 0.717) is 15.8 Å². The van der Waals surface area contributed by atoms with Crippen molar-refractivity contribution in [3.63, 3.8) is 0 Å². The molecule has 4 nitrogen and oxygen atoms in total. The molecule has 142 valence electrons. The average molecular weight is 521 g/mol. The minimum Gasteiger partial charge on any atom is -0.495 e. The van der Waals surface area contributed by atoms with E-state index in [1.807, 2.05) is 18.2 Å². The van der Waals surface area contributed by atoms with E-state index in [0.717, 1.165) is 30.9 Å². The van der Waals surface area contributed by atoms with Gasteiger partial charge in [-0.15, -0.1) is 11.3 Å². The highest BCUT2D eigenvalue weighted by molar-refractivity contribution is 9.11. The molecular weight excluding hydrogens is 506 g/mol. The Hall–Kier alpha value is -1.96. The van der Waals surface area contributed by atoms with E-state index in [9.17, 15) is 10.1 Å². The second kappa shape index (κ2) is 7.13. The number of benzene rings is 3. The standard InChI is InChI=1S/C21H15Br2NO3S/c1-10-11(2)28-21-17(10)18(13-6-4-5-7-14(13)19(21)23)15-8-12(24(25)26)9-16(22)20(15)27-3/h4-9H,1-3H3. The minimum atomic E-state index is -0.377. The summed E-state index contributed by atoms with van der Waals surface area (Å²) in [6.07, 6.45) is 0. The third kappa shape index (κ3) is 2.84. The molecule has 0 unspecified atom stereocenters. The van der Waals surface area contributed by atoms with Crippen LogP contribution in [0, 0.1) is 24.0 Å². The van der Waals surface area contributed by atoms with Crippen molar-refractivity contribution in [3.8, 4) is 16.9 Å². The number of ether oxygens (including phenoxy) is 1. The number of nitro benzene ring substituents is 1. The van der Waals surface area contributed by atoms with Crippen molar-refractivity contribution in [2.24, 2.45) is 0 Å². The van der Waals surface area contributed by atoms with Crippen LogP contribution in [-0.4, -0.2) is 12.0 Å². The molecule has 0 aliphatic rings. The van der Waals surface area contributed by atoms with Crippen molar-refractivity contribution in [1.29, 1.82) is 0 Å². The first-order valence-corrected chi connectivity index (χ1v) is 10.9. The number of nitro groups is 1. The van der Waals surface area contributed by atoms with Gasteiger partial charge < -0.3 is 4.74 Å². The van der Waals surface area contributed by atoms with E-state index in [1.54, 1.807) is 24.5 Å². The second-order valence-corrected chi connectivity index (χ2v) is 9.36. The Morgan fingerprint density at radius 1 is 1.11 bits per heavy atom. The number of methoxy groups -OCH3 is 1. The summed E-state index contributed by atoms with van der Waals surface area (Å²) in [7, 11) is 1.58. The third-order valence-corrected chi connectivity index (χ3v) is 7.88. The van der Waals surface area contributed by atoms with Crippen molar-refractivity contribution in [2.45, 2.75) is 13.8 Å². The van der Waals surface area contributed by atoms with Crippen LogP contribution in [0.15, 0.2) is 45.3 Å². The van der Waals surface area contributed by atoms with Crippen LogP contribution in [0.2, 0.25) is 0 Å². The maximum absolute atomic E-state index is 11.5. The topological polar surface area (TPSA) is 52.4 Å². The summed E-state index contributed by atoms with van der Waals surface area (Å²) < 4.78 is 8.40. The van der Waals surface area contributed by atoms with Crippen LogP contribution in [0.5, 0.6) is 5.75 Å². The highest BCUT2D eigenvalue weighted by atomic mass is 79.9. The van der Waals surface area contributed by atoms with Crippen LogP contribution in [-0.2, 0) is 0 Å².